The Morgan fingerprint density at radius 3 is 3.18 bits per heavy atom. The van der Waals surface area contributed by atoms with Gasteiger partial charge in [-0.25, -0.2) is 0 Å². The van der Waals surface area contributed by atoms with E-state index in [1.807, 2.05) is 12.1 Å². The highest BCUT2D eigenvalue weighted by molar-refractivity contribution is 8.00. The normalized spacial score (nSPS) is 20.0. The lowest BCUT2D eigenvalue weighted by Gasteiger charge is -2.24. The van der Waals surface area contributed by atoms with Gasteiger partial charge in [0.05, 0.1) is 25.4 Å². The summed E-state index contributed by atoms with van der Waals surface area (Å²) in [4.78, 5) is 25.4. The second-order valence-electron chi connectivity index (χ2n) is 5.27. The van der Waals surface area contributed by atoms with E-state index < -0.39 is 0 Å². The van der Waals surface area contributed by atoms with E-state index in [2.05, 4.69) is 6.07 Å². The zero-order chi connectivity index (χ0) is 15.5. The Morgan fingerprint density at radius 2 is 2.36 bits per heavy atom. The largest absolute Gasteiger partial charge is 0.493 e. The van der Waals surface area contributed by atoms with Gasteiger partial charge in [-0.2, -0.15) is 0 Å². The van der Waals surface area contributed by atoms with Gasteiger partial charge in [0.25, 0.3) is 0 Å². The standard InChI is InChI=1S/C16H19NO4S/c1-2-20-15(19)5-7-17-14(18)10-22-16(17)12-3-4-13-11(9-12)6-8-21-13/h3-4,9,16H,2,5-8,10H2,1H3. The molecule has 1 atom stereocenters. The Hall–Kier alpha value is -1.69. The summed E-state index contributed by atoms with van der Waals surface area (Å²) in [7, 11) is 0. The van der Waals surface area contributed by atoms with Crippen LogP contribution in [-0.4, -0.2) is 42.3 Å². The van der Waals surface area contributed by atoms with Gasteiger partial charge < -0.3 is 14.4 Å². The lowest BCUT2D eigenvalue weighted by Crippen LogP contribution is -2.30. The number of amides is 1. The first kappa shape index (κ1) is 15.2. The van der Waals surface area contributed by atoms with E-state index in [4.69, 9.17) is 9.47 Å². The molecule has 0 aliphatic carbocycles. The van der Waals surface area contributed by atoms with Gasteiger partial charge in [-0.15, -0.1) is 11.8 Å². The highest BCUT2D eigenvalue weighted by atomic mass is 32.2. The SMILES string of the molecule is CCOC(=O)CCN1C(=O)CSC1c1ccc2c(c1)CCO2. The summed E-state index contributed by atoms with van der Waals surface area (Å²) in [5.41, 5.74) is 2.30. The van der Waals surface area contributed by atoms with E-state index in [1.54, 1.807) is 23.6 Å². The fraction of sp³-hybridized carbons (Fsp3) is 0.500. The van der Waals surface area contributed by atoms with Gasteiger partial charge in [0.2, 0.25) is 5.91 Å². The molecule has 0 radical (unpaired) electrons. The number of hydrogen-bond donors (Lipinski definition) is 0. The maximum Gasteiger partial charge on any atom is 0.307 e. The first-order valence-corrected chi connectivity index (χ1v) is 8.56. The molecule has 3 rings (SSSR count). The van der Waals surface area contributed by atoms with Crippen molar-refractivity contribution in [2.45, 2.75) is 25.1 Å². The summed E-state index contributed by atoms with van der Waals surface area (Å²) in [6, 6.07) is 6.11. The van der Waals surface area contributed by atoms with E-state index in [-0.39, 0.29) is 23.7 Å². The Morgan fingerprint density at radius 1 is 1.50 bits per heavy atom. The Kier molecular flexibility index (Phi) is 4.57. The molecule has 5 nitrogen and oxygen atoms in total. The van der Waals surface area contributed by atoms with Crippen LogP contribution >= 0.6 is 11.8 Å². The van der Waals surface area contributed by atoms with Gasteiger partial charge in [-0.05, 0) is 30.2 Å². The average molecular weight is 321 g/mol. The summed E-state index contributed by atoms with van der Waals surface area (Å²) in [6.45, 7) is 3.28. The van der Waals surface area contributed by atoms with Crippen LogP contribution in [0, 0.1) is 0 Å². The molecule has 1 saturated heterocycles. The van der Waals surface area contributed by atoms with Gasteiger partial charge >= 0.3 is 5.97 Å². The fourth-order valence-electron chi connectivity index (χ4n) is 2.78. The molecule has 0 bridgehead atoms. The fourth-order valence-corrected chi connectivity index (χ4v) is 3.99. The van der Waals surface area contributed by atoms with Crippen LogP contribution in [0.15, 0.2) is 18.2 Å². The van der Waals surface area contributed by atoms with Crippen LogP contribution in [-0.2, 0) is 20.7 Å². The average Bonchev–Trinajstić information content (AvgIpc) is 3.11. The van der Waals surface area contributed by atoms with Crippen molar-refractivity contribution in [2.24, 2.45) is 0 Å². The number of thioether (sulfide) groups is 1. The Labute approximate surface area is 134 Å². The molecule has 1 amide bonds. The van der Waals surface area contributed by atoms with Gasteiger partial charge in [0.1, 0.15) is 11.1 Å². The van der Waals surface area contributed by atoms with Crippen molar-refractivity contribution in [3.05, 3.63) is 29.3 Å². The third-order valence-electron chi connectivity index (χ3n) is 3.83. The smallest absolute Gasteiger partial charge is 0.307 e. The molecule has 2 aliphatic rings. The number of nitrogens with zero attached hydrogens (tertiary/aromatic N) is 1. The van der Waals surface area contributed by atoms with Crippen LogP contribution in [0.1, 0.15) is 29.8 Å². The molecule has 1 aromatic carbocycles. The highest BCUT2D eigenvalue weighted by Crippen LogP contribution is 2.40. The predicted octanol–water partition coefficient (Wildman–Crippen LogP) is 2.15. The van der Waals surface area contributed by atoms with E-state index in [0.717, 1.165) is 24.3 Å². The number of hydrogen-bond acceptors (Lipinski definition) is 5. The molecule has 0 aromatic heterocycles. The van der Waals surface area contributed by atoms with Crippen molar-refractivity contribution in [3.8, 4) is 5.75 Å². The number of carbonyl (C=O) groups excluding carboxylic acids is 2. The number of benzene rings is 1. The monoisotopic (exact) mass is 321 g/mol. The number of fused-ring (bicyclic) bond motifs is 1. The first-order valence-electron chi connectivity index (χ1n) is 7.51. The molecule has 2 aliphatic heterocycles. The van der Waals surface area contributed by atoms with Crippen molar-refractivity contribution in [2.75, 3.05) is 25.5 Å². The molecule has 1 fully saturated rings. The summed E-state index contributed by atoms with van der Waals surface area (Å²) in [5, 5.41) is -0.0205. The van der Waals surface area contributed by atoms with Crippen LogP contribution in [0.5, 0.6) is 5.75 Å². The van der Waals surface area contributed by atoms with E-state index in [1.165, 1.54) is 5.56 Å². The molecule has 0 N–H and O–H groups in total. The number of ether oxygens (including phenoxy) is 2. The van der Waals surface area contributed by atoms with E-state index >= 15 is 0 Å². The summed E-state index contributed by atoms with van der Waals surface area (Å²) >= 11 is 1.61. The van der Waals surface area contributed by atoms with Crippen molar-refractivity contribution in [1.82, 2.24) is 4.90 Å². The van der Waals surface area contributed by atoms with E-state index in [0.29, 0.717) is 18.9 Å². The quantitative estimate of drug-likeness (QED) is 0.778. The maximum absolute atomic E-state index is 12.1. The highest BCUT2D eigenvalue weighted by Gasteiger charge is 2.33. The number of esters is 1. The van der Waals surface area contributed by atoms with Crippen molar-refractivity contribution < 1.29 is 19.1 Å². The zero-order valence-corrected chi connectivity index (χ0v) is 13.4. The molecule has 22 heavy (non-hydrogen) atoms. The third kappa shape index (κ3) is 3.06. The van der Waals surface area contributed by atoms with Crippen LogP contribution in [0.3, 0.4) is 0 Å². The summed E-state index contributed by atoms with van der Waals surface area (Å²) in [5.74, 6) is 1.22. The van der Waals surface area contributed by atoms with Gasteiger partial charge in [0.15, 0.2) is 0 Å². The molecule has 1 unspecified atom stereocenters. The topological polar surface area (TPSA) is 55.8 Å². The Bertz CT molecular complexity index is 590. The minimum absolute atomic E-state index is 0.0205. The first-order chi connectivity index (χ1) is 10.7. The molecule has 1 aromatic rings. The molecule has 0 spiro atoms. The lowest BCUT2D eigenvalue weighted by atomic mass is 10.1. The maximum atomic E-state index is 12.1. The molecular formula is C16H19NO4S. The molecule has 6 heteroatoms. The second kappa shape index (κ2) is 6.60. The van der Waals surface area contributed by atoms with Crippen LogP contribution in [0.4, 0.5) is 0 Å². The van der Waals surface area contributed by atoms with Crippen molar-refractivity contribution in [3.63, 3.8) is 0 Å². The van der Waals surface area contributed by atoms with Crippen LogP contribution in [0.25, 0.3) is 0 Å². The minimum atomic E-state index is -0.256. The van der Waals surface area contributed by atoms with Crippen LogP contribution < -0.4 is 4.74 Å². The summed E-state index contributed by atoms with van der Waals surface area (Å²) in [6.07, 6.45) is 1.15. The third-order valence-corrected chi connectivity index (χ3v) is 5.08. The molecule has 2 heterocycles. The molecule has 0 saturated carbocycles. The van der Waals surface area contributed by atoms with Crippen molar-refractivity contribution >= 4 is 23.6 Å². The minimum Gasteiger partial charge on any atom is -0.493 e. The molecular weight excluding hydrogens is 302 g/mol. The van der Waals surface area contributed by atoms with Crippen LogP contribution in [0.2, 0.25) is 0 Å². The zero-order valence-electron chi connectivity index (χ0n) is 12.5. The lowest BCUT2D eigenvalue weighted by molar-refractivity contribution is -0.143. The molecule has 118 valence electrons. The number of carbonyl (C=O) groups is 2. The van der Waals surface area contributed by atoms with Gasteiger partial charge in [-0.3, -0.25) is 9.59 Å². The Balaban J connectivity index is 1.71. The number of rotatable bonds is 5. The van der Waals surface area contributed by atoms with Gasteiger partial charge in [-0.1, -0.05) is 6.07 Å². The summed E-state index contributed by atoms with van der Waals surface area (Å²) < 4.78 is 10.5. The second-order valence-corrected chi connectivity index (χ2v) is 6.34. The van der Waals surface area contributed by atoms with Crippen molar-refractivity contribution in [1.29, 1.82) is 0 Å². The van der Waals surface area contributed by atoms with E-state index in [9.17, 15) is 9.59 Å². The predicted molar refractivity (Wildman–Crippen MR) is 83.8 cm³/mol. The van der Waals surface area contributed by atoms with Gasteiger partial charge in [0, 0.05) is 13.0 Å².